The van der Waals surface area contributed by atoms with Crippen LogP contribution >= 0.6 is 0 Å². The number of carbonyl (C=O) groups is 2. The maximum Gasteiger partial charge on any atom is 0.254 e. The molecule has 0 atom stereocenters. The highest BCUT2D eigenvalue weighted by atomic mass is 16.3. The fraction of sp³-hybridized carbons (Fsp3) is 0.435. The average Bonchev–Trinajstić information content (AvgIpc) is 3.14. The number of aliphatic hydroxyl groups excluding tert-OH is 1. The van der Waals surface area contributed by atoms with Gasteiger partial charge in [0.1, 0.15) is 0 Å². The first-order valence-electron chi connectivity index (χ1n) is 11.0. The van der Waals surface area contributed by atoms with Crippen LogP contribution in [0.1, 0.15) is 41.7 Å². The first-order valence-corrected chi connectivity index (χ1v) is 11.0. The molecule has 3 aromatic rings. The van der Waals surface area contributed by atoms with Gasteiger partial charge in [-0.05, 0) is 38.7 Å². The van der Waals surface area contributed by atoms with Gasteiger partial charge in [-0.2, -0.15) is 9.78 Å². The molecule has 2 aromatic heterocycles. The largest absolute Gasteiger partial charge is 0.389 e. The molecule has 1 aliphatic carbocycles. The third-order valence-electron chi connectivity index (χ3n) is 6.45. The van der Waals surface area contributed by atoms with E-state index in [2.05, 4.69) is 20.4 Å². The molecule has 9 nitrogen and oxygen atoms in total. The van der Waals surface area contributed by atoms with E-state index in [9.17, 15) is 14.7 Å². The number of nitrogens with zero attached hydrogens (tertiary/aromatic N) is 5. The van der Waals surface area contributed by atoms with Gasteiger partial charge in [-0.3, -0.25) is 9.59 Å². The second kappa shape index (κ2) is 8.31. The van der Waals surface area contributed by atoms with Crippen molar-refractivity contribution in [3.05, 3.63) is 47.9 Å². The van der Waals surface area contributed by atoms with Crippen molar-refractivity contribution >= 4 is 22.7 Å². The van der Waals surface area contributed by atoms with E-state index in [0.717, 1.165) is 42.3 Å². The van der Waals surface area contributed by atoms with Gasteiger partial charge < -0.3 is 15.3 Å². The van der Waals surface area contributed by atoms with Crippen molar-refractivity contribution in [2.75, 3.05) is 13.1 Å². The van der Waals surface area contributed by atoms with E-state index in [1.807, 2.05) is 31.2 Å². The maximum atomic E-state index is 12.7. The molecule has 1 aliphatic heterocycles. The van der Waals surface area contributed by atoms with Gasteiger partial charge in [0, 0.05) is 42.8 Å². The van der Waals surface area contributed by atoms with Crippen LogP contribution in [0.4, 0.5) is 0 Å². The molecule has 5 rings (SSSR count). The highest BCUT2D eigenvalue weighted by molar-refractivity contribution is 5.94. The molecule has 0 spiro atoms. The van der Waals surface area contributed by atoms with Crippen molar-refractivity contribution < 1.29 is 14.7 Å². The number of aromatic nitrogens is 4. The first-order chi connectivity index (χ1) is 15.5. The molecule has 1 aromatic carbocycles. The predicted octanol–water partition coefficient (Wildman–Crippen LogP) is 1.62. The zero-order valence-corrected chi connectivity index (χ0v) is 17.9. The number of aliphatic hydroxyl groups is 1. The number of nitrogens with one attached hydrogen (secondary N) is 1. The van der Waals surface area contributed by atoms with Gasteiger partial charge in [-0.25, -0.2) is 9.97 Å². The molecule has 0 radical (unpaired) electrons. The van der Waals surface area contributed by atoms with Gasteiger partial charge in [0.05, 0.1) is 22.9 Å². The fourth-order valence-electron chi connectivity index (χ4n) is 4.57. The number of likely N-dealkylation sites (tertiary alicyclic amines) is 1. The van der Waals surface area contributed by atoms with Gasteiger partial charge >= 0.3 is 0 Å². The van der Waals surface area contributed by atoms with Gasteiger partial charge in [0.25, 0.3) is 11.9 Å². The average molecular weight is 435 g/mol. The minimum atomic E-state index is -0.376. The second-order valence-electron chi connectivity index (χ2n) is 8.71. The number of hydrogen-bond acceptors (Lipinski definition) is 6. The molecule has 2 fully saturated rings. The predicted molar refractivity (Wildman–Crippen MR) is 117 cm³/mol. The van der Waals surface area contributed by atoms with Crippen LogP contribution in [0.2, 0.25) is 0 Å². The van der Waals surface area contributed by atoms with Crippen LogP contribution in [0, 0.1) is 12.8 Å². The number of fused-ring (bicyclic) bond motifs is 1. The molecule has 0 bridgehead atoms. The zero-order chi connectivity index (χ0) is 22.2. The van der Waals surface area contributed by atoms with Crippen LogP contribution in [-0.2, 0) is 4.79 Å². The lowest BCUT2D eigenvalue weighted by molar-refractivity contribution is -0.146. The molecular formula is C23H26N6O3. The summed E-state index contributed by atoms with van der Waals surface area (Å²) in [6.45, 7) is 2.83. The highest BCUT2D eigenvalue weighted by Crippen LogP contribution is 2.28. The molecule has 9 heteroatoms. The zero-order valence-electron chi connectivity index (χ0n) is 17.9. The summed E-state index contributed by atoms with van der Waals surface area (Å²) in [6.07, 6.45) is 5.68. The van der Waals surface area contributed by atoms with E-state index in [-0.39, 0.29) is 29.9 Å². The Bertz CT molecular complexity index is 1140. The van der Waals surface area contributed by atoms with Crippen molar-refractivity contribution in [2.45, 2.75) is 44.8 Å². The monoisotopic (exact) mass is 434 g/mol. The summed E-state index contributed by atoms with van der Waals surface area (Å²) in [4.78, 5) is 35.5. The number of benzene rings is 1. The second-order valence-corrected chi connectivity index (χ2v) is 8.71. The van der Waals surface area contributed by atoms with E-state index in [0.29, 0.717) is 24.6 Å². The minimum Gasteiger partial charge on any atom is -0.389 e. The molecule has 166 valence electrons. The normalized spacial score (nSPS) is 21.4. The molecule has 2 aliphatic rings. The SMILES string of the molecule is Cc1nn(-c2ncc(C(=O)NC3CCC(C(=O)N4CC(O)C4)CC3)cn2)c2ccccc12. The third-order valence-corrected chi connectivity index (χ3v) is 6.45. The molecule has 2 N–H and O–H groups in total. The summed E-state index contributed by atoms with van der Waals surface area (Å²) in [5.74, 6) is 0.329. The number of rotatable bonds is 4. The van der Waals surface area contributed by atoms with E-state index in [4.69, 9.17) is 0 Å². The third kappa shape index (κ3) is 3.84. The maximum absolute atomic E-state index is 12.7. The summed E-state index contributed by atoms with van der Waals surface area (Å²) in [5, 5.41) is 18.0. The van der Waals surface area contributed by atoms with Gasteiger partial charge in [-0.15, -0.1) is 0 Å². The summed E-state index contributed by atoms with van der Waals surface area (Å²) in [5.41, 5.74) is 2.21. The number of para-hydroxylation sites is 1. The van der Waals surface area contributed by atoms with Crippen LogP contribution in [0.3, 0.4) is 0 Å². The number of carbonyl (C=O) groups excluding carboxylic acids is 2. The summed E-state index contributed by atoms with van der Waals surface area (Å²) in [6, 6.07) is 7.91. The Morgan fingerprint density at radius 3 is 2.44 bits per heavy atom. The lowest BCUT2D eigenvalue weighted by atomic mass is 9.84. The van der Waals surface area contributed by atoms with Gasteiger partial charge in [-0.1, -0.05) is 18.2 Å². The Morgan fingerprint density at radius 1 is 1.06 bits per heavy atom. The summed E-state index contributed by atoms with van der Waals surface area (Å²) in [7, 11) is 0. The van der Waals surface area contributed by atoms with Crippen molar-refractivity contribution in [3.8, 4) is 5.95 Å². The van der Waals surface area contributed by atoms with Gasteiger partial charge in [0.2, 0.25) is 5.91 Å². The minimum absolute atomic E-state index is 0.00869. The first kappa shape index (κ1) is 20.6. The Labute approximate surface area is 185 Å². The molecule has 0 unspecified atom stereocenters. The number of β-amino-alcohol motifs (C(OH)–C–C–N with tert-alkyl or cyclic N) is 1. The lowest BCUT2D eigenvalue weighted by Crippen LogP contribution is -2.55. The number of hydrogen-bond donors (Lipinski definition) is 2. The van der Waals surface area contributed by atoms with E-state index in [1.165, 1.54) is 12.4 Å². The van der Waals surface area contributed by atoms with Crippen molar-refractivity contribution in [2.24, 2.45) is 5.92 Å². The molecule has 1 saturated carbocycles. The number of aryl methyl sites for hydroxylation is 1. The topological polar surface area (TPSA) is 113 Å². The van der Waals surface area contributed by atoms with Crippen molar-refractivity contribution in [3.63, 3.8) is 0 Å². The van der Waals surface area contributed by atoms with Gasteiger partial charge in [0.15, 0.2) is 0 Å². The Kier molecular flexibility index (Phi) is 5.34. The lowest BCUT2D eigenvalue weighted by Gasteiger charge is -2.39. The smallest absolute Gasteiger partial charge is 0.254 e. The standard InChI is InChI=1S/C23H26N6O3/c1-14-19-4-2-3-5-20(19)29(27-14)23-24-10-16(11-25-23)21(31)26-17-8-6-15(7-9-17)22(32)28-12-18(30)13-28/h2-5,10-11,15,17-18,30H,6-9,12-13H2,1H3,(H,26,31). The van der Waals surface area contributed by atoms with Crippen LogP contribution in [0.5, 0.6) is 0 Å². The molecule has 2 amide bonds. The van der Waals surface area contributed by atoms with Crippen LogP contribution < -0.4 is 5.32 Å². The van der Waals surface area contributed by atoms with E-state index in [1.54, 1.807) is 9.58 Å². The quantitative estimate of drug-likeness (QED) is 0.645. The van der Waals surface area contributed by atoms with Crippen molar-refractivity contribution in [1.29, 1.82) is 0 Å². The molecule has 3 heterocycles. The van der Waals surface area contributed by atoms with Crippen LogP contribution in [0.25, 0.3) is 16.9 Å². The Balaban J connectivity index is 1.19. The summed E-state index contributed by atoms with van der Waals surface area (Å²) < 4.78 is 1.68. The Hall–Kier alpha value is -3.33. The summed E-state index contributed by atoms with van der Waals surface area (Å²) >= 11 is 0. The highest BCUT2D eigenvalue weighted by Gasteiger charge is 2.35. The van der Waals surface area contributed by atoms with Crippen LogP contribution in [0.15, 0.2) is 36.7 Å². The number of amides is 2. The van der Waals surface area contributed by atoms with Crippen LogP contribution in [-0.4, -0.2) is 66.8 Å². The van der Waals surface area contributed by atoms with Crippen molar-refractivity contribution in [1.82, 2.24) is 30.0 Å². The molecule has 32 heavy (non-hydrogen) atoms. The van der Waals surface area contributed by atoms with E-state index < -0.39 is 0 Å². The molecule has 1 saturated heterocycles. The molecular weight excluding hydrogens is 408 g/mol. The fourth-order valence-corrected chi connectivity index (χ4v) is 4.57. The van der Waals surface area contributed by atoms with E-state index >= 15 is 0 Å². The Morgan fingerprint density at radius 2 is 1.75 bits per heavy atom.